The molecule has 5 nitrogen and oxygen atoms in total. The molecule has 1 aromatic carbocycles. The van der Waals surface area contributed by atoms with Crippen molar-refractivity contribution in [3.8, 4) is 0 Å². The third-order valence-electron chi connectivity index (χ3n) is 3.70. The summed E-state index contributed by atoms with van der Waals surface area (Å²) in [6.45, 7) is 4.18. The number of anilines is 1. The smallest absolute Gasteiger partial charge is 0.321 e. The number of hydrogen-bond donors (Lipinski definition) is 1. The van der Waals surface area contributed by atoms with Gasteiger partial charge in [-0.2, -0.15) is 0 Å². The number of likely N-dealkylation sites (N-methyl/N-ethyl adjacent to an activating group) is 1. The van der Waals surface area contributed by atoms with E-state index in [0.29, 0.717) is 17.9 Å². The number of amides is 2. The molecule has 1 fully saturated rings. The molecule has 108 valence electrons. The summed E-state index contributed by atoms with van der Waals surface area (Å²) in [5.41, 5.74) is 1.31. The van der Waals surface area contributed by atoms with Gasteiger partial charge in [-0.1, -0.05) is 0 Å². The Labute approximate surface area is 118 Å². The van der Waals surface area contributed by atoms with Crippen LogP contribution in [0, 0.1) is 0 Å². The van der Waals surface area contributed by atoms with E-state index >= 15 is 0 Å². The van der Waals surface area contributed by atoms with E-state index in [4.69, 9.17) is 4.74 Å². The van der Waals surface area contributed by atoms with Gasteiger partial charge in [0.2, 0.25) is 0 Å². The molecule has 1 aliphatic heterocycles. The minimum absolute atomic E-state index is 0.0110. The Kier molecular flexibility index (Phi) is 4.39. The highest BCUT2D eigenvalue weighted by Gasteiger charge is 2.30. The van der Waals surface area contributed by atoms with Crippen LogP contribution in [0.25, 0.3) is 0 Å². The number of nitrogens with zero attached hydrogens (tertiary/aromatic N) is 1. The zero-order chi connectivity index (χ0) is 14.7. The highest BCUT2D eigenvalue weighted by atomic mass is 16.5. The van der Waals surface area contributed by atoms with Crippen molar-refractivity contribution in [3.05, 3.63) is 29.8 Å². The largest absolute Gasteiger partial charge is 0.376 e. The number of urea groups is 1. The fraction of sp³-hybridized carbons (Fsp3) is 0.467. The number of hydrogen-bond acceptors (Lipinski definition) is 3. The Balaban J connectivity index is 1.98. The third kappa shape index (κ3) is 3.17. The number of nitrogens with one attached hydrogen (secondary N) is 1. The van der Waals surface area contributed by atoms with Crippen LogP contribution in [-0.2, 0) is 4.74 Å². The second kappa shape index (κ2) is 6.05. The van der Waals surface area contributed by atoms with Crippen LogP contribution in [-0.4, -0.2) is 42.5 Å². The Morgan fingerprint density at radius 2 is 1.95 bits per heavy atom. The molecule has 0 saturated carbocycles. The van der Waals surface area contributed by atoms with Crippen LogP contribution in [0.3, 0.4) is 0 Å². The number of carbonyl (C=O) groups is 2. The topological polar surface area (TPSA) is 58.6 Å². The van der Waals surface area contributed by atoms with Gasteiger partial charge < -0.3 is 15.0 Å². The Bertz CT molecular complexity index is 498. The number of ketones is 1. The fourth-order valence-electron chi connectivity index (χ4n) is 2.38. The van der Waals surface area contributed by atoms with Crippen LogP contribution in [0.1, 0.15) is 30.6 Å². The first-order valence-corrected chi connectivity index (χ1v) is 6.75. The first-order valence-electron chi connectivity index (χ1n) is 6.75. The average molecular weight is 276 g/mol. The molecule has 2 amide bonds. The highest BCUT2D eigenvalue weighted by Crippen LogP contribution is 2.19. The lowest BCUT2D eigenvalue weighted by Gasteiger charge is -2.26. The molecule has 2 unspecified atom stereocenters. The summed E-state index contributed by atoms with van der Waals surface area (Å²) in [6, 6.07) is 6.82. The second-order valence-electron chi connectivity index (χ2n) is 5.11. The van der Waals surface area contributed by atoms with Crippen molar-refractivity contribution in [2.75, 3.05) is 19.0 Å². The van der Waals surface area contributed by atoms with Crippen molar-refractivity contribution >= 4 is 17.5 Å². The summed E-state index contributed by atoms with van der Waals surface area (Å²) < 4.78 is 5.47. The van der Waals surface area contributed by atoms with Gasteiger partial charge in [-0.3, -0.25) is 4.79 Å². The van der Waals surface area contributed by atoms with E-state index in [-0.39, 0.29) is 24.0 Å². The summed E-state index contributed by atoms with van der Waals surface area (Å²) in [7, 11) is 1.77. The third-order valence-corrected chi connectivity index (χ3v) is 3.70. The van der Waals surface area contributed by atoms with Crippen LogP contribution in [0.2, 0.25) is 0 Å². The summed E-state index contributed by atoms with van der Waals surface area (Å²) in [5.74, 6) is 0.0110. The predicted octanol–water partition coefficient (Wildman–Crippen LogP) is 2.53. The molecule has 1 aromatic rings. The molecule has 0 bridgehead atoms. The van der Waals surface area contributed by atoms with Gasteiger partial charge >= 0.3 is 6.03 Å². The molecule has 2 rings (SSSR count). The number of Topliss-reactive ketones (excluding diaryl/α,β-unsaturated/α-hetero) is 1. The van der Waals surface area contributed by atoms with E-state index in [2.05, 4.69) is 5.32 Å². The summed E-state index contributed by atoms with van der Waals surface area (Å²) >= 11 is 0. The predicted molar refractivity (Wildman–Crippen MR) is 77.0 cm³/mol. The van der Waals surface area contributed by atoms with Crippen molar-refractivity contribution in [1.29, 1.82) is 0 Å². The standard InChI is InChI=1S/C15H20N2O3/c1-10(18)12-4-6-13(7-5-12)16-15(19)17(3)14-8-9-20-11(14)2/h4-7,11,14H,8-9H2,1-3H3,(H,16,19). The van der Waals surface area contributed by atoms with Gasteiger partial charge in [-0.25, -0.2) is 4.79 Å². The summed E-state index contributed by atoms with van der Waals surface area (Å²) in [6.07, 6.45) is 0.916. The summed E-state index contributed by atoms with van der Waals surface area (Å²) in [5, 5.41) is 2.83. The average Bonchev–Trinajstić information content (AvgIpc) is 2.84. The van der Waals surface area contributed by atoms with Crippen LogP contribution < -0.4 is 5.32 Å². The van der Waals surface area contributed by atoms with Gasteiger partial charge in [-0.15, -0.1) is 0 Å². The minimum Gasteiger partial charge on any atom is -0.376 e. The van der Waals surface area contributed by atoms with Gasteiger partial charge in [-0.05, 0) is 44.5 Å². The molecular weight excluding hydrogens is 256 g/mol. The normalized spacial score (nSPS) is 21.6. The van der Waals surface area contributed by atoms with E-state index in [0.717, 1.165) is 6.42 Å². The molecule has 0 spiro atoms. The molecule has 0 aliphatic carbocycles. The first kappa shape index (κ1) is 14.5. The molecule has 2 atom stereocenters. The molecule has 1 N–H and O–H groups in total. The molecule has 0 aromatic heterocycles. The second-order valence-corrected chi connectivity index (χ2v) is 5.11. The van der Waals surface area contributed by atoms with Gasteiger partial charge in [0.25, 0.3) is 0 Å². The maximum atomic E-state index is 12.2. The van der Waals surface area contributed by atoms with E-state index in [1.165, 1.54) is 6.92 Å². The lowest BCUT2D eigenvalue weighted by atomic mass is 10.1. The van der Waals surface area contributed by atoms with E-state index in [1.807, 2.05) is 6.92 Å². The number of benzene rings is 1. The number of ether oxygens (including phenoxy) is 1. The van der Waals surface area contributed by atoms with Crippen LogP contribution >= 0.6 is 0 Å². The Morgan fingerprint density at radius 3 is 2.45 bits per heavy atom. The van der Waals surface area contributed by atoms with Crippen molar-refractivity contribution in [3.63, 3.8) is 0 Å². The van der Waals surface area contributed by atoms with Gasteiger partial charge in [0.05, 0.1) is 12.1 Å². The maximum Gasteiger partial charge on any atom is 0.321 e. The molecular formula is C15H20N2O3. The van der Waals surface area contributed by atoms with Crippen molar-refractivity contribution < 1.29 is 14.3 Å². The Morgan fingerprint density at radius 1 is 1.30 bits per heavy atom. The summed E-state index contributed by atoms with van der Waals surface area (Å²) in [4.78, 5) is 25.0. The lowest BCUT2D eigenvalue weighted by Crippen LogP contribution is -2.43. The van der Waals surface area contributed by atoms with Crippen molar-refractivity contribution in [1.82, 2.24) is 4.90 Å². The minimum atomic E-state index is -0.164. The first-order chi connectivity index (χ1) is 9.49. The maximum absolute atomic E-state index is 12.2. The Hall–Kier alpha value is -1.88. The number of rotatable bonds is 3. The van der Waals surface area contributed by atoms with Crippen molar-refractivity contribution in [2.45, 2.75) is 32.4 Å². The van der Waals surface area contributed by atoms with Crippen LogP contribution in [0.5, 0.6) is 0 Å². The van der Waals surface area contributed by atoms with Gasteiger partial charge in [0.1, 0.15) is 0 Å². The van der Waals surface area contributed by atoms with Crippen LogP contribution in [0.15, 0.2) is 24.3 Å². The molecule has 5 heteroatoms. The van der Waals surface area contributed by atoms with Crippen molar-refractivity contribution in [2.24, 2.45) is 0 Å². The molecule has 1 aliphatic rings. The van der Waals surface area contributed by atoms with Crippen LogP contribution in [0.4, 0.5) is 10.5 Å². The molecule has 0 radical (unpaired) electrons. The lowest BCUT2D eigenvalue weighted by molar-refractivity contribution is 0.0929. The monoisotopic (exact) mass is 276 g/mol. The molecule has 1 saturated heterocycles. The fourth-order valence-corrected chi connectivity index (χ4v) is 2.38. The zero-order valence-corrected chi connectivity index (χ0v) is 12.1. The zero-order valence-electron chi connectivity index (χ0n) is 12.1. The van der Waals surface area contributed by atoms with E-state index in [9.17, 15) is 9.59 Å². The highest BCUT2D eigenvalue weighted by molar-refractivity contribution is 5.95. The van der Waals surface area contributed by atoms with E-state index in [1.54, 1.807) is 36.2 Å². The van der Waals surface area contributed by atoms with Gasteiger partial charge in [0, 0.05) is 24.9 Å². The van der Waals surface area contributed by atoms with Gasteiger partial charge in [0.15, 0.2) is 5.78 Å². The molecule has 20 heavy (non-hydrogen) atoms. The SMILES string of the molecule is CC(=O)c1ccc(NC(=O)N(C)C2CCOC2C)cc1. The quantitative estimate of drug-likeness (QED) is 0.863. The molecule has 1 heterocycles. The van der Waals surface area contributed by atoms with E-state index < -0.39 is 0 Å². The number of carbonyl (C=O) groups excluding carboxylic acids is 2.